The summed E-state index contributed by atoms with van der Waals surface area (Å²) in [6.45, 7) is 9.47. The molecule has 0 saturated carbocycles. The molecule has 1 fully saturated rings. The van der Waals surface area contributed by atoms with E-state index in [4.69, 9.17) is 4.74 Å². The van der Waals surface area contributed by atoms with Gasteiger partial charge in [-0.3, -0.25) is 9.89 Å². The second-order valence-corrected chi connectivity index (χ2v) is 6.87. The van der Waals surface area contributed by atoms with Crippen LogP contribution in [-0.2, 0) is 11.2 Å². The van der Waals surface area contributed by atoms with Crippen molar-refractivity contribution in [3.8, 4) is 0 Å². The van der Waals surface area contributed by atoms with E-state index in [1.807, 2.05) is 7.05 Å². The average Bonchev–Trinajstić information content (AvgIpc) is 2.98. The van der Waals surface area contributed by atoms with Crippen LogP contribution in [0.2, 0.25) is 0 Å². The molecule has 0 radical (unpaired) electrons. The number of benzene rings is 1. The molecule has 0 aromatic heterocycles. The minimum absolute atomic E-state index is 0.343. The third-order valence-corrected chi connectivity index (χ3v) is 4.78. The van der Waals surface area contributed by atoms with E-state index < -0.39 is 0 Å². The summed E-state index contributed by atoms with van der Waals surface area (Å²) in [4.78, 5) is 9.28. The number of nitrogens with zero attached hydrogens (tertiary/aromatic N) is 3. The van der Waals surface area contributed by atoms with Crippen molar-refractivity contribution >= 4 is 11.6 Å². The number of aliphatic imine (C=N–C) groups is 1. The maximum absolute atomic E-state index is 5.80. The zero-order valence-electron chi connectivity index (χ0n) is 15.2. The number of hydrogen-bond donors (Lipinski definition) is 1. The van der Waals surface area contributed by atoms with Gasteiger partial charge in [0.25, 0.3) is 0 Å². The zero-order chi connectivity index (χ0) is 16.9. The van der Waals surface area contributed by atoms with Gasteiger partial charge in [0, 0.05) is 45.5 Å². The van der Waals surface area contributed by atoms with Crippen LogP contribution in [0.3, 0.4) is 0 Å². The zero-order valence-corrected chi connectivity index (χ0v) is 15.2. The molecule has 0 bridgehead atoms. The van der Waals surface area contributed by atoms with Crippen molar-refractivity contribution in [2.45, 2.75) is 38.9 Å². The standard InChI is InChI=1S/C19H30N4O/c1-15-13-22(14-16(2)24-15)11-6-10-21-19(20-3)23-12-9-17-7-4-5-8-18(17)23/h4-5,7-8,15-16H,6,9-14H2,1-3H3,(H,20,21). The van der Waals surface area contributed by atoms with Crippen molar-refractivity contribution in [3.05, 3.63) is 29.8 Å². The summed E-state index contributed by atoms with van der Waals surface area (Å²) < 4.78 is 5.80. The molecule has 1 aromatic carbocycles. The van der Waals surface area contributed by atoms with Gasteiger partial charge in [0.2, 0.25) is 0 Å². The van der Waals surface area contributed by atoms with Crippen LogP contribution in [0.5, 0.6) is 0 Å². The maximum Gasteiger partial charge on any atom is 0.198 e. The predicted octanol–water partition coefficient (Wildman–Crippen LogP) is 2.12. The Morgan fingerprint density at radius 1 is 1.25 bits per heavy atom. The summed E-state index contributed by atoms with van der Waals surface area (Å²) in [5.41, 5.74) is 2.71. The summed E-state index contributed by atoms with van der Waals surface area (Å²) in [7, 11) is 1.87. The van der Waals surface area contributed by atoms with Gasteiger partial charge in [0.05, 0.1) is 12.2 Å². The van der Waals surface area contributed by atoms with Gasteiger partial charge in [-0.25, -0.2) is 0 Å². The average molecular weight is 330 g/mol. The summed E-state index contributed by atoms with van der Waals surface area (Å²) in [5.74, 6) is 0.990. The second kappa shape index (κ2) is 7.99. The fraction of sp³-hybridized carbons (Fsp3) is 0.632. The lowest BCUT2D eigenvalue weighted by Gasteiger charge is -2.35. The van der Waals surface area contributed by atoms with Gasteiger partial charge in [-0.2, -0.15) is 0 Å². The number of rotatable bonds is 4. The molecule has 0 aliphatic carbocycles. The monoisotopic (exact) mass is 330 g/mol. The number of fused-ring (bicyclic) bond motifs is 1. The van der Waals surface area contributed by atoms with Crippen LogP contribution >= 0.6 is 0 Å². The highest BCUT2D eigenvalue weighted by atomic mass is 16.5. The Morgan fingerprint density at radius 3 is 2.75 bits per heavy atom. The summed E-state index contributed by atoms with van der Waals surface area (Å²) in [6.07, 6.45) is 2.90. The van der Waals surface area contributed by atoms with E-state index in [9.17, 15) is 0 Å². The van der Waals surface area contributed by atoms with Crippen molar-refractivity contribution in [3.63, 3.8) is 0 Å². The number of ether oxygens (including phenoxy) is 1. The van der Waals surface area contributed by atoms with Crippen LogP contribution in [0.25, 0.3) is 0 Å². The van der Waals surface area contributed by atoms with Gasteiger partial charge in [-0.1, -0.05) is 18.2 Å². The van der Waals surface area contributed by atoms with Gasteiger partial charge in [-0.05, 0) is 38.3 Å². The normalized spacial score (nSPS) is 25.0. The molecule has 5 heteroatoms. The highest BCUT2D eigenvalue weighted by molar-refractivity contribution is 5.97. The molecule has 2 heterocycles. The van der Waals surface area contributed by atoms with Crippen LogP contribution in [0.15, 0.2) is 29.3 Å². The van der Waals surface area contributed by atoms with Crippen LogP contribution in [0.4, 0.5) is 5.69 Å². The molecule has 132 valence electrons. The Kier molecular flexibility index (Phi) is 5.74. The first-order valence-corrected chi connectivity index (χ1v) is 9.11. The van der Waals surface area contributed by atoms with Crippen molar-refractivity contribution < 1.29 is 4.74 Å². The maximum atomic E-state index is 5.80. The van der Waals surface area contributed by atoms with Crippen molar-refractivity contribution in [2.24, 2.45) is 4.99 Å². The van der Waals surface area contributed by atoms with Crippen molar-refractivity contribution in [1.82, 2.24) is 10.2 Å². The molecule has 2 unspecified atom stereocenters. The molecule has 5 nitrogen and oxygen atoms in total. The number of guanidine groups is 1. The molecule has 24 heavy (non-hydrogen) atoms. The summed E-state index contributed by atoms with van der Waals surface area (Å²) in [5, 5.41) is 3.53. The third-order valence-electron chi connectivity index (χ3n) is 4.78. The first-order chi connectivity index (χ1) is 11.7. The van der Waals surface area contributed by atoms with Gasteiger partial charge >= 0.3 is 0 Å². The highest BCUT2D eigenvalue weighted by Crippen LogP contribution is 2.27. The molecule has 2 atom stereocenters. The molecule has 0 spiro atoms. The lowest BCUT2D eigenvalue weighted by Crippen LogP contribution is -2.46. The van der Waals surface area contributed by atoms with Crippen LogP contribution in [-0.4, -0.2) is 62.8 Å². The molecular formula is C19H30N4O. The number of para-hydroxylation sites is 1. The van der Waals surface area contributed by atoms with E-state index in [-0.39, 0.29) is 0 Å². The Balaban J connectivity index is 1.46. The molecule has 2 aliphatic rings. The first-order valence-electron chi connectivity index (χ1n) is 9.11. The number of nitrogens with one attached hydrogen (secondary N) is 1. The lowest BCUT2D eigenvalue weighted by molar-refractivity contribution is -0.0679. The van der Waals surface area contributed by atoms with Gasteiger partial charge in [0.15, 0.2) is 5.96 Å². The van der Waals surface area contributed by atoms with Gasteiger partial charge in [0.1, 0.15) is 0 Å². The van der Waals surface area contributed by atoms with E-state index in [0.29, 0.717) is 12.2 Å². The highest BCUT2D eigenvalue weighted by Gasteiger charge is 2.23. The third kappa shape index (κ3) is 4.08. The predicted molar refractivity (Wildman–Crippen MR) is 99.9 cm³/mol. The smallest absolute Gasteiger partial charge is 0.198 e. The molecule has 1 N–H and O–H groups in total. The summed E-state index contributed by atoms with van der Waals surface area (Å²) >= 11 is 0. The second-order valence-electron chi connectivity index (χ2n) is 6.87. The van der Waals surface area contributed by atoms with Crippen LogP contribution in [0, 0.1) is 0 Å². The fourth-order valence-corrected chi connectivity index (χ4v) is 3.82. The minimum Gasteiger partial charge on any atom is -0.373 e. The largest absolute Gasteiger partial charge is 0.373 e. The number of morpholine rings is 1. The number of anilines is 1. The lowest BCUT2D eigenvalue weighted by atomic mass is 10.2. The Bertz CT molecular complexity index is 564. The van der Waals surface area contributed by atoms with Gasteiger partial charge < -0.3 is 15.0 Å². The minimum atomic E-state index is 0.343. The van der Waals surface area contributed by atoms with E-state index in [1.54, 1.807) is 0 Å². The van der Waals surface area contributed by atoms with Gasteiger partial charge in [-0.15, -0.1) is 0 Å². The van der Waals surface area contributed by atoms with E-state index in [2.05, 4.69) is 58.2 Å². The molecule has 2 aliphatic heterocycles. The Morgan fingerprint density at radius 2 is 2.00 bits per heavy atom. The fourth-order valence-electron chi connectivity index (χ4n) is 3.82. The van der Waals surface area contributed by atoms with E-state index in [1.165, 1.54) is 11.3 Å². The summed E-state index contributed by atoms with van der Waals surface area (Å²) in [6, 6.07) is 8.61. The molecule has 0 amide bonds. The first kappa shape index (κ1) is 17.2. The van der Waals surface area contributed by atoms with Crippen LogP contribution < -0.4 is 10.2 Å². The quantitative estimate of drug-likeness (QED) is 0.522. The SMILES string of the molecule is CN=C(NCCCN1CC(C)OC(C)C1)N1CCc2ccccc21. The Labute approximate surface area is 145 Å². The number of hydrogen-bond acceptors (Lipinski definition) is 3. The molecule has 1 aromatic rings. The van der Waals surface area contributed by atoms with E-state index in [0.717, 1.165) is 51.5 Å². The van der Waals surface area contributed by atoms with Crippen LogP contribution in [0.1, 0.15) is 25.8 Å². The molecular weight excluding hydrogens is 300 g/mol. The molecule has 1 saturated heterocycles. The molecule has 3 rings (SSSR count). The van der Waals surface area contributed by atoms with Crippen molar-refractivity contribution in [1.29, 1.82) is 0 Å². The van der Waals surface area contributed by atoms with E-state index >= 15 is 0 Å². The Hall–Kier alpha value is -1.59. The van der Waals surface area contributed by atoms with Crippen molar-refractivity contribution in [2.75, 3.05) is 44.7 Å². The topological polar surface area (TPSA) is 40.1 Å².